The normalized spacial score (nSPS) is 11.0. The quantitative estimate of drug-likeness (QED) is 0.513. The van der Waals surface area contributed by atoms with Gasteiger partial charge >= 0.3 is 0 Å². The number of benzene rings is 3. The van der Waals surface area contributed by atoms with Crippen molar-refractivity contribution >= 4 is 27.3 Å². The highest BCUT2D eigenvalue weighted by Gasteiger charge is 2.23. The summed E-state index contributed by atoms with van der Waals surface area (Å²) in [6.45, 7) is 4.61. The molecule has 0 aliphatic carbocycles. The molecule has 3 rings (SSSR count). The molecule has 162 valence electrons. The van der Waals surface area contributed by atoms with Crippen LogP contribution < -0.4 is 14.4 Å². The van der Waals surface area contributed by atoms with Gasteiger partial charge in [0.1, 0.15) is 5.75 Å². The van der Waals surface area contributed by atoms with E-state index in [0.29, 0.717) is 35.8 Å². The third kappa shape index (κ3) is 5.24. The van der Waals surface area contributed by atoms with E-state index in [0.717, 1.165) is 6.42 Å². The molecule has 0 aromatic heterocycles. The van der Waals surface area contributed by atoms with Crippen molar-refractivity contribution in [1.29, 1.82) is 0 Å². The fourth-order valence-electron chi connectivity index (χ4n) is 3.11. The van der Waals surface area contributed by atoms with Crippen molar-refractivity contribution in [2.24, 2.45) is 0 Å². The maximum atomic E-state index is 13.1. The van der Waals surface area contributed by atoms with Crippen LogP contribution in [0, 0.1) is 0 Å². The second-order valence-electron chi connectivity index (χ2n) is 6.83. The summed E-state index contributed by atoms with van der Waals surface area (Å²) >= 11 is 0. The van der Waals surface area contributed by atoms with Crippen LogP contribution in [0.4, 0.5) is 11.4 Å². The summed E-state index contributed by atoms with van der Waals surface area (Å²) in [6, 6.07) is 22.1. The Morgan fingerprint density at radius 3 is 2.19 bits per heavy atom. The molecule has 0 saturated heterocycles. The number of sulfonamides is 1. The van der Waals surface area contributed by atoms with Crippen LogP contribution in [-0.2, 0) is 10.0 Å². The predicted octanol–water partition coefficient (Wildman–Crippen LogP) is 4.94. The van der Waals surface area contributed by atoms with Crippen LogP contribution in [0.3, 0.4) is 0 Å². The van der Waals surface area contributed by atoms with Gasteiger partial charge in [-0.2, -0.15) is 0 Å². The van der Waals surface area contributed by atoms with Gasteiger partial charge in [0.15, 0.2) is 0 Å². The molecular formula is C24H26N2O4S. The molecule has 0 atom stereocenters. The molecule has 0 saturated carbocycles. The third-order valence-electron chi connectivity index (χ3n) is 4.62. The van der Waals surface area contributed by atoms with Gasteiger partial charge in [0, 0.05) is 12.2 Å². The molecule has 0 unspecified atom stereocenters. The van der Waals surface area contributed by atoms with E-state index in [-0.39, 0.29) is 10.8 Å². The van der Waals surface area contributed by atoms with E-state index in [1.54, 1.807) is 61.5 Å². The molecule has 1 N–H and O–H groups in total. The van der Waals surface area contributed by atoms with Gasteiger partial charge in [0.05, 0.1) is 22.8 Å². The first-order valence-corrected chi connectivity index (χ1v) is 11.6. The number of anilines is 2. The molecule has 0 fully saturated rings. The van der Waals surface area contributed by atoms with E-state index in [9.17, 15) is 13.2 Å². The number of amides is 1. The zero-order chi connectivity index (χ0) is 22.3. The summed E-state index contributed by atoms with van der Waals surface area (Å²) in [5, 5.41) is 2.80. The third-order valence-corrected chi connectivity index (χ3v) is 6.54. The summed E-state index contributed by atoms with van der Waals surface area (Å²) in [7, 11) is -3.72. The fraction of sp³-hybridized carbons (Fsp3) is 0.208. The second kappa shape index (κ2) is 10.1. The number of hydrogen-bond donors (Lipinski definition) is 1. The Hall–Kier alpha value is -3.32. The minimum atomic E-state index is -3.72. The van der Waals surface area contributed by atoms with E-state index in [1.807, 2.05) is 19.1 Å². The molecule has 0 spiro atoms. The number of ether oxygens (including phenoxy) is 1. The first-order valence-electron chi connectivity index (χ1n) is 10.2. The Morgan fingerprint density at radius 1 is 0.903 bits per heavy atom. The van der Waals surface area contributed by atoms with Crippen LogP contribution in [0.1, 0.15) is 30.6 Å². The van der Waals surface area contributed by atoms with Crippen molar-refractivity contribution < 1.29 is 17.9 Å². The van der Waals surface area contributed by atoms with Crippen molar-refractivity contribution in [1.82, 2.24) is 0 Å². The lowest BCUT2D eigenvalue weighted by Gasteiger charge is -2.23. The van der Waals surface area contributed by atoms with Gasteiger partial charge < -0.3 is 10.1 Å². The van der Waals surface area contributed by atoms with Gasteiger partial charge in [-0.15, -0.1) is 0 Å². The topological polar surface area (TPSA) is 75.7 Å². The summed E-state index contributed by atoms with van der Waals surface area (Å²) in [6.07, 6.45) is 0.837. The van der Waals surface area contributed by atoms with Crippen LogP contribution in [-0.4, -0.2) is 27.5 Å². The van der Waals surface area contributed by atoms with Crippen LogP contribution in [0.5, 0.6) is 5.75 Å². The predicted molar refractivity (Wildman–Crippen MR) is 123 cm³/mol. The Bertz CT molecular complexity index is 1110. The minimum absolute atomic E-state index is 0.155. The average Bonchev–Trinajstić information content (AvgIpc) is 2.79. The highest BCUT2D eigenvalue weighted by Crippen LogP contribution is 2.25. The molecule has 0 bridgehead atoms. The Kier molecular flexibility index (Phi) is 7.31. The number of hydrogen-bond acceptors (Lipinski definition) is 4. The average molecular weight is 439 g/mol. The summed E-state index contributed by atoms with van der Waals surface area (Å²) in [4.78, 5) is 12.9. The van der Waals surface area contributed by atoms with E-state index in [2.05, 4.69) is 5.32 Å². The van der Waals surface area contributed by atoms with Gasteiger partial charge in [0.25, 0.3) is 15.9 Å². The summed E-state index contributed by atoms with van der Waals surface area (Å²) in [5.41, 5.74) is 1.52. The Morgan fingerprint density at radius 2 is 1.55 bits per heavy atom. The Balaban J connectivity index is 1.78. The van der Waals surface area contributed by atoms with E-state index in [1.165, 1.54) is 16.4 Å². The Labute approximate surface area is 183 Å². The van der Waals surface area contributed by atoms with Crippen molar-refractivity contribution in [3.8, 4) is 5.75 Å². The molecule has 0 aliphatic rings. The molecule has 3 aromatic rings. The van der Waals surface area contributed by atoms with Gasteiger partial charge in [-0.3, -0.25) is 9.10 Å². The summed E-state index contributed by atoms with van der Waals surface area (Å²) < 4.78 is 33.2. The maximum Gasteiger partial charge on any atom is 0.264 e. The lowest BCUT2D eigenvalue weighted by Crippen LogP contribution is -2.30. The molecule has 31 heavy (non-hydrogen) atoms. The van der Waals surface area contributed by atoms with Gasteiger partial charge in [-0.1, -0.05) is 37.3 Å². The van der Waals surface area contributed by atoms with Crippen LogP contribution in [0.15, 0.2) is 83.8 Å². The van der Waals surface area contributed by atoms with Crippen molar-refractivity contribution in [3.05, 3.63) is 84.4 Å². The molecular weight excluding hydrogens is 412 g/mol. The van der Waals surface area contributed by atoms with Crippen LogP contribution in [0.2, 0.25) is 0 Å². The number of nitrogens with zero attached hydrogens (tertiary/aromatic N) is 1. The lowest BCUT2D eigenvalue weighted by molar-refractivity contribution is 0.102. The van der Waals surface area contributed by atoms with E-state index >= 15 is 0 Å². The smallest absolute Gasteiger partial charge is 0.264 e. The van der Waals surface area contributed by atoms with Gasteiger partial charge in [-0.05, 0) is 61.9 Å². The largest absolute Gasteiger partial charge is 0.493 e. The second-order valence-corrected chi connectivity index (χ2v) is 8.69. The van der Waals surface area contributed by atoms with Crippen molar-refractivity contribution in [2.45, 2.75) is 25.2 Å². The molecule has 3 aromatic carbocycles. The zero-order valence-electron chi connectivity index (χ0n) is 17.6. The van der Waals surface area contributed by atoms with Gasteiger partial charge in [-0.25, -0.2) is 8.42 Å². The maximum absolute atomic E-state index is 13.1. The molecule has 6 nitrogen and oxygen atoms in total. The molecule has 0 heterocycles. The number of para-hydroxylation sites is 2. The number of carbonyl (C=O) groups excluding carboxylic acids is 1. The van der Waals surface area contributed by atoms with Crippen LogP contribution >= 0.6 is 0 Å². The highest BCUT2D eigenvalue weighted by molar-refractivity contribution is 7.92. The lowest BCUT2D eigenvalue weighted by atomic mass is 10.2. The SMILES string of the molecule is CCCOc1ccccc1C(=O)Nc1ccc(S(=O)(=O)N(CC)c2ccccc2)cc1. The number of rotatable bonds is 9. The first kappa shape index (κ1) is 22.4. The van der Waals surface area contributed by atoms with Crippen LogP contribution in [0.25, 0.3) is 0 Å². The first-order chi connectivity index (χ1) is 15.0. The molecule has 7 heteroatoms. The highest BCUT2D eigenvalue weighted by atomic mass is 32.2. The molecule has 0 aliphatic heterocycles. The zero-order valence-corrected chi connectivity index (χ0v) is 18.4. The van der Waals surface area contributed by atoms with E-state index < -0.39 is 10.0 Å². The van der Waals surface area contributed by atoms with Crippen molar-refractivity contribution in [3.63, 3.8) is 0 Å². The molecule has 0 radical (unpaired) electrons. The number of carbonyl (C=O) groups is 1. The van der Waals surface area contributed by atoms with Gasteiger partial charge in [0.2, 0.25) is 0 Å². The fourth-order valence-corrected chi connectivity index (χ4v) is 4.59. The monoisotopic (exact) mass is 438 g/mol. The number of nitrogens with one attached hydrogen (secondary N) is 1. The standard InChI is InChI=1S/C24H26N2O4S/c1-3-18-30-23-13-9-8-12-22(23)24(27)25-19-14-16-21(17-15-19)31(28,29)26(4-2)20-10-6-5-7-11-20/h5-17H,3-4,18H2,1-2H3,(H,25,27). The summed E-state index contributed by atoms with van der Waals surface area (Å²) in [5.74, 6) is 0.198. The molecule has 1 amide bonds. The van der Waals surface area contributed by atoms with E-state index in [4.69, 9.17) is 4.74 Å². The minimum Gasteiger partial charge on any atom is -0.493 e. The van der Waals surface area contributed by atoms with Crippen molar-refractivity contribution in [2.75, 3.05) is 22.8 Å².